The van der Waals surface area contributed by atoms with Crippen molar-refractivity contribution in [2.45, 2.75) is 25.7 Å². The van der Waals surface area contributed by atoms with E-state index < -0.39 is 18.4 Å². The molecule has 1 unspecified atom stereocenters. The number of alkyl halides is 3. The number of ether oxygens (including phenoxy) is 1. The van der Waals surface area contributed by atoms with Gasteiger partial charge in [0.2, 0.25) is 0 Å². The molecule has 1 rings (SSSR count). The molecular formula is C12H14F3NO3. The zero-order valence-corrected chi connectivity index (χ0v) is 10.4. The van der Waals surface area contributed by atoms with Crippen molar-refractivity contribution in [3.63, 3.8) is 0 Å². The number of benzene rings is 1. The third-order valence-corrected chi connectivity index (χ3v) is 2.62. The first-order valence-electron chi connectivity index (χ1n) is 5.56. The molecule has 1 aromatic rings. The molecule has 0 amide bonds. The van der Waals surface area contributed by atoms with E-state index in [0.29, 0.717) is 12.1 Å². The zero-order valence-electron chi connectivity index (χ0n) is 10.4. The molecule has 0 bridgehead atoms. The lowest BCUT2D eigenvalue weighted by atomic mass is 10.1. The van der Waals surface area contributed by atoms with E-state index in [4.69, 9.17) is 5.11 Å². The van der Waals surface area contributed by atoms with Crippen LogP contribution in [0.4, 0.5) is 18.9 Å². The van der Waals surface area contributed by atoms with Crippen LogP contribution in [0.3, 0.4) is 0 Å². The van der Waals surface area contributed by atoms with Gasteiger partial charge in [0, 0.05) is 12.7 Å². The Kier molecular flexibility index (Phi) is 4.63. The molecule has 0 aliphatic heterocycles. The molecule has 0 radical (unpaired) electrons. The lowest BCUT2D eigenvalue weighted by Crippen LogP contribution is -2.37. The smallest absolute Gasteiger partial charge is 0.480 e. The number of carboxylic acids is 1. The molecule has 0 aliphatic carbocycles. The Balaban J connectivity index is 2.83. The van der Waals surface area contributed by atoms with Crippen molar-refractivity contribution in [3.8, 4) is 5.75 Å². The average molecular weight is 277 g/mol. The van der Waals surface area contributed by atoms with Gasteiger partial charge in [0.1, 0.15) is 11.8 Å². The summed E-state index contributed by atoms with van der Waals surface area (Å²) in [4.78, 5) is 12.5. The highest BCUT2D eigenvalue weighted by Crippen LogP contribution is 2.25. The largest absolute Gasteiger partial charge is 0.573 e. The summed E-state index contributed by atoms with van der Waals surface area (Å²) in [5, 5.41) is 9.00. The highest BCUT2D eigenvalue weighted by atomic mass is 19.4. The number of hydrogen-bond acceptors (Lipinski definition) is 3. The summed E-state index contributed by atoms with van der Waals surface area (Å²) in [7, 11) is 1.57. The molecular weight excluding hydrogens is 263 g/mol. The first-order chi connectivity index (χ1) is 8.74. The average Bonchev–Trinajstić information content (AvgIpc) is 2.28. The van der Waals surface area contributed by atoms with Gasteiger partial charge in [-0.15, -0.1) is 13.2 Å². The van der Waals surface area contributed by atoms with Crippen molar-refractivity contribution in [2.75, 3.05) is 11.9 Å². The number of likely N-dealkylation sites (N-methyl/N-ethyl adjacent to an activating group) is 1. The van der Waals surface area contributed by atoms with Crippen molar-refractivity contribution in [1.29, 1.82) is 0 Å². The van der Waals surface area contributed by atoms with Crippen LogP contribution in [-0.4, -0.2) is 30.5 Å². The number of anilines is 1. The van der Waals surface area contributed by atoms with Crippen LogP contribution in [0.15, 0.2) is 24.3 Å². The Morgan fingerprint density at radius 1 is 1.37 bits per heavy atom. The molecule has 0 saturated heterocycles. The summed E-state index contributed by atoms with van der Waals surface area (Å²) >= 11 is 0. The second-order valence-electron chi connectivity index (χ2n) is 3.91. The molecule has 0 aliphatic rings. The third-order valence-electron chi connectivity index (χ3n) is 2.62. The number of carbonyl (C=O) groups is 1. The fourth-order valence-electron chi connectivity index (χ4n) is 1.68. The molecule has 0 fully saturated rings. The Morgan fingerprint density at radius 3 is 2.26 bits per heavy atom. The number of carboxylic acid groups (broad SMARTS) is 1. The maximum atomic E-state index is 12.0. The van der Waals surface area contributed by atoms with Gasteiger partial charge in [-0.1, -0.05) is 6.92 Å². The Hall–Kier alpha value is -1.92. The molecule has 106 valence electrons. The normalized spacial score (nSPS) is 12.9. The Bertz CT molecular complexity index is 431. The number of nitrogens with zero attached hydrogens (tertiary/aromatic N) is 1. The predicted molar refractivity (Wildman–Crippen MR) is 63.2 cm³/mol. The number of hydrogen-bond donors (Lipinski definition) is 1. The molecule has 4 nitrogen and oxygen atoms in total. The SMILES string of the molecule is CCC(C(=O)O)N(C)c1ccc(OC(F)(F)F)cc1. The molecule has 0 heterocycles. The zero-order chi connectivity index (χ0) is 14.6. The molecule has 1 N–H and O–H groups in total. The first-order valence-corrected chi connectivity index (χ1v) is 5.56. The van der Waals surface area contributed by atoms with Crippen molar-refractivity contribution in [1.82, 2.24) is 0 Å². The first kappa shape index (κ1) is 15.1. The van der Waals surface area contributed by atoms with Crippen LogP contribution in [0.2, 0.25) is 0 Å². The van der Waals surface area contributed by atoms with E-state index in [1.54, 1.807) is 14.0 Å². The fourth-order valence-corrected chi connectivity index (χ4v) is 1.68. The highest BCUT2D eigenvalue weighted by molar-refractivity contribution is 5.78. The maximum absolute atomic E-state index is 12.0. The fraction of sp³-hybridized carbons (Fsp3) is 0.417. The summed E-state index contributed by atoms with van der Waals surface area (Å²) in [5.41, 5.74) is 0.503. The predicted octanol–water partition coefficient (Wildman–Crippen LogP) is 2.88. The van der Waals surface area contributed by atoms with Gasteiger partial charge in [-0.05, 0) is 30.7 Å². The van der Waals surface area contributed by atoms with E-state index >= 15 is 0 Å². The molecule has 1 aromatic carbocycles. The second-order valence-corrected chi connectivity index (χ2v) is 3.91. The van der Waals surface area contributed by atoms with Crippen molar-refractivity contribution < 1.29 is 27.8 Å². The minimum Gasteiger partial charge on any atom is -0.480 e. The van der Waals surface area contributed by atoms with E-state index in [0.717, 1.165) is 12.1 Å². The summed E-state index contributed by atoms with van der Waals surface area (Å²) in [6, 6.07) is 4.33. The van der Waals surface area contributed by atoms with Crippen LogP contribution in [-0.2, 0) is 4.79 Å². The second kappa shape index (κ2) is 5.81. The molecule has 7 heteroatoms. The van der Waals surface area contributed by atoms with Crippen LogP contribution >= 0.6 is 0 Å². The minimum atomic E-state index is -4.74. The third kappa shape index (κ3) is 4.35. The van der Waals surface area contributed by atoms with Crippen LogP contribution in [0, 0.1) is 0 Å². The van der Waals surface area contributed by atoms with E-state index in [2.05, 4.69) is 4.74 Å². The maximum Gasteiger partial charge on any atom is 0.573 e. The summed E-state index contributed by atoms with van der Waals surface area (Å²) in [6.07, 6.45) is -4.35. The Labute approximate surface area is 108 Å². The summed E-state index contributed by atoms with van der Waals surface area (Å²) in [5.74, 6) is -1.33. The van der Waals surface area contributed by atoms with Gasteiger partial charge in [0.25, 0.3) is 0 Å². The lowest BCUT2D eigenvalue weighted by Gasteiger charge is -2.26. The van der Waals surface area contributed by atoms with Crippen molar-refractivity contribution in [2.24, 2.45) is 0 Å². The van der Waals surface area contributed by atoms with E-state index in [1.165, 1.54) is 17.0 Å². The van der Waals surface area contributed by atoms with Crippen molar-refractivity contribution in [3.05, 3.63) is 24.3 Å². The van der Waals surface area contributed by atoms with Gasteiger partial charge in [-0.25, -0.2) is 4.79 Å². The molecule has 19 heavy (non-hydrogen) atoms. The van der Waals surface area contributed by atoms with Gasteiger partial charge in [-0.3, -0.25) is 0 Å². The van der Waals surface area contributed by atoms with E-state index in [9.17, 15) is 18.0 Å². The molecule has 0 aromatic heterocycles. The molecule has 0 saturated carbocycles. The minimum absolute atomic E-state index is 0.340. The van der Waals surface area contributed by atoms with E-state index in [-0.39, 0.29) is 5.75 Å². The summed E-state index contributed by atoms with van der Waals surface area (Å²) < 4.78 is 39.7. The number of halogens is 3. The van der Waals surface area contributed by atoms with Gasteiger partial charge in [0.15, 0.2) is 0 Å². The summed E-state index contributed by atoms with van der Waals surface area (Å²) in [6.45, 7) is 1.72. The lowest BCUT2D eigenvalue weighted by molar-refractivity contribution is -0.274. The van der Waals surface area contributed by atoms with Crippen LogP contribution in [0.5, 0.6) is 5.75 Å². The van der Waals surface area contributed by atoms with Crippen LogP contribution < -0.4 is 9.64 Å². The van der Waals surface area contributed by atoms with Gasteiger partial charge < -0.3 is 14.7 Å². The van der Waals surface area contributed by atoms with Gasteiger partial charge >= 0.3 is 12.3 Å². The number of aliphatic carboxylic acids is 1. The highest BCUT2D eigenvalue weighted by Gasteiger charge is 2.31. The standard InChI is InChI=1S/C12H14F3NO3/c1-3-10(11(17)18)16(2)8-4-6-9(7-5-8)19-12(13,14)15/h4-7,10H,3H2,1-2H3,(H,17,18). The van der Waals surface area contributed by atoms with Crippen molar-refractivity contribution >= 4 is 11.7 Å². The van der Waals surface area contributed by atoms with Crippen LogP contribution in [0.1, 0.15) is 13.3 Å². The Morgan fingerprint density at radius 2 is 1.89 bits per heavy atom. The van der Waals surface area contributed by atoms with Crippen LogP contribution in [0.25, 0.3) is 0 Å². The quantitative estimate of drug-likeness (QED) is 0.899. The molecule has 0 spiro atoms. The monoisotopic (exact) mass is 277 g/mol. The van der Waals surface area contributed by atoms with Gasteiger partial charge in [-0.2, -0.15) is 0 Å². The number of rotatable bonds is 5. The topological polar surface area (TPSA) is 49.8 Å². The molecule has 1 atom stereocenters. The van der Waals surface area contributed by atoms with Gasteiger partial charge in [0.05, 0.1) is 0 Å². The van der Waals surface area contributed by atoms with E-state index in [1.807, 2.05) is 0 Å².